The number of likely N-dealkylation sites (tertiary alicyclic amines) is 1. The molecule has 1 fully saturated rings. The lowest BCUT2D eigenvalue weighted by molar-refractivity contribution is -0.134. The van der Waals surface area contributed by atoms with Crippen LogP contribution in [0.25, 0.3) is 0 Å². The minimum Gasteiger partial charge on any atom is -0.493 e. The maximum Gasteiger partial charge on any atom is 0.237 e. The molecule has 1 amide bonds. The lowest BCUT2D eigenvalue weighted by atomic mass is 9.98. The monoisotopic (exact) mass is 362 g/mol. The van der Waals surface area contributed by atoms with Crippen LogP contribution in [0.2, 0.25) is 0 Å². The van der Waals surface area contributed by atoms with Gasteiger partial charge in [-0.25, -0.2) is 0 Å². The van der Waals surface area contributed by atoms with E-state index in [1.807, 2.05) is 17.0 Å². The van der Waals surface area contributed by atoms with Crippen LogP contribution in [0.3, 0.4) is 0 Å². The maximum atomic E-state index is 12.9. The highest BCUT2D eigenvalue weighted by atomic mass is 16.5. The van der Waals surface area contributed by atoms with Gasteiger partial charge in [0.25, 0.3) is 0 Å². The van der Waals surface area contributed by atoms with Gasteiger partial charge >= 0.3 is 0 Å². The van der Waals surface area contributed by atoms with E-state index in [-0.39, 0.29) is 12.5 Å². The van der Waals surface area contributed by atoms with Crippen molar-refractivity contribution in [2.45, 2.75) is 44.7 Å². The summed E-state index contributed by atoms with van der Waals surface area (Å²) in [5.74, 6) is 1.63. The number of rotatable bonds is 6. The molecule has 2 aliphatic rings. The molecule has 2 heterocycles. The van der Waals surface area contributed by atoms with Crippen LogP contribution in [-0.2, 0) is 17.8 Å². The van der Waals surface area contributed by atoms with Crippen molar-refractivity contribution in [3.05, 3.63) is 23.3 Å². The topological polar surface area (TPSA) is 62.2 Å². The molecule has 1 atom stereocenters. The molecule has 0 aliphatic carbocycles. The molecule has 1 aromatic rings. The Labute approximate surface area is 155 Å². The fraction of sp³-hybridized carbons (Fsp3) is 0.650. The van der Waals surface area contributed by atoms with Crippen molar-refractivity contribution in [1.82, 2.24) is 9.80 Å². The molecule has 1 unspecified atom stereocenters. The summed E-state index contributed by atoms with van der Waals surface area (Å²) in [6, 6.07) is 4.35. The van der Waals surface area contributed by atoms with Gasteiger partial charge < -0.3 is 19.5 Å². The van der Waals surface area contributed by atoms with Crippen molar-refractivity contribution in [2.75, 3.05) is 40.5 Å². The Balaban J connectivity index is 1.66. The van der Waals surface area contributed by atoms with Gasteiger partial charge in [-0.2, -0.15) is 0 Å². The first-order chi connectivity index (χ1) is 12.7. The normalized spacial score (nSPS) is 20.6. The largest absolute Gasteiger partial charge is 0.493 e. The molecule has 144 valence electrons. The molecule has 0 aromatic heterocycles. The van der Waals surface area contributed by atoms with Gasteiger partial charge in [0.05, 0.1) is 20.8 Å². The third-order valence-electron chi connectivity index (χ3n) is 5.62. The molecule has 2 aliphatic heterocycles. The number of piperidine rings is 1. The minimum atomic E-state index is 0.176. The quantitative estimate of drug-likeness (QED) is 0.836. The van der Waals surface area contributed by atoms with Crippen LogP contribution < -0.4 is 9.47 Å². The highest BCUT2D eigenvalue weighted by Gasteiger charge is 2.28. The standard InChI is InChI=1S/C20H30N2O4/c1-25-18-11-15-6-9-22(13-16(15)12-19(18)26-2)20(24)14-21-8-4-3-5-17(21)7-10-23/h11-12,17,23H,3-10,13-14H2,1-2H3. The third-order valence-corrected chi connectivity index (χ3v) is 5.62. The second-order valence-electron chi connectivity index (χ2n) is 7.17. The van der Waals surface area contributed by atoms with Gasteiger partial charge in [0.15, 0.2) is 11.5 Å². The molecule has 0 bridgehead atoms. The van der Waals surface area contributed by atoms with Crippen LogP contribution in [0, 0.1) is 0 Å². The van der Waals surface area contributed by atoms with E-state index in [0.717, 1.165) is 50.1 Å². The van der Waals surface area contributed by atoms with Gasteiger partial charge in [0, 0.05) is 25.7 Å². The molecule has 1 N–H and O–H groups in total. The second-order valence-corrected chi connectivity index (χ2v) is 7.17. The van der Waals surface area contributed by atoms with E-state index in [1.54, 1.807) is 14.2 Å². The molecule has 6 nitrogen and oxygen atoms in total. The Morgan fingerprint density at radius 1 is 1.15 bits per heavy atom. The van der Waals surface area contributed by atoms with Gasteiger partial charge in [0.1, 0.15) is 0 Å². The fourth-order valence-electron chi connectivity index (χ4n) is 4.11. The number of hydrogen-bond donors (Lipinski definition) is 1. The first kappa shape index (κ1) is 19.0. The number of methoxy groups -OCH3 is 2. The molecule has 26 heavy (non-hydrogen) atoms. The second kappa shape index (κ2) is 8.73. The smallest absolute Gasteiger partial charge is 0.237 e. The summed E-state index contributed by atoms with van der Waals surface area (Å²) >= 11 is 0. The zero-order valence-corrected chi connectivity index (χ0v) is 15.9. The zero-order chi connectivity index (χ0) is 18.5. The number of amides is 1. The van der Waals surface area contributed by atoms with Gasteiger partial charge in [-0.3, -0.25) is 9.69 Å². The number of carbonyl (C=O) groups excluding carboxylic acids is 1. The molecule has 0 saturated carbocycles. The molecule has 6 heteroatoms. The van der Waals surface area contributed by atoms with E-state index < -0.39 is 0 Å². The Hall–Kier alpha value is -1.79. The summed E-state index contributed by atoms with van der Waals surface area (Å²) < 4.78 is 10.8. The zero-order valence-electron chi connectivity index (χ0n) is 15.9. The van der Waals surface area contributed by atoms with Gasteiger partial charge in [0.2, 0.25) is 5.91 Å². The SMILES string of the molecule is COc1cc2c(cc1OC)CN(C(=O)CN1CCCCC1CCO)CC2. The number of nitrogens with zero attached hydrogens (tertiary/aromatic N) is 2. The predicted octanol–water partition coefficient (Wildman–Crippen LogP) is 1.83. The molecule has 3 rings (SSSR count). The van der Waals surface area contributed by atoms with Gasteiger partial charge in [-0.05, 0) is 55.5 Å². The van der Waals surface area contributed by atoms with Crippen molar-refractivity contribution < 1.29 is 19.4 Å². The molecule has 1 aromatic carbocycles. The maximum absolute atomic E-state index is 12.9. The summed E-state index contributed by atoms with van der Waals surface area (Å²) in [6.45, 7) is 2.94. The van der Waals surface area contributed by atoms with E-state index in [4.69, 9.17) is 9.47 Å². The Kier molecular flexibility index (Phi) is 6.38. The lowest BCUT2D eigenvalue weighted by Gasteiger charge is -2.37. The first-order valence-corrected chi connectivity index (χ1v) is 9.52. The van der Waals surface area contributed by atoms with Crippen molar-refractivity contribution in [1.29, 1.82) is 0 Å². The summed E-state index contributed by atoms with van der Waals surface area (Å²) in [7, 11) is 3.28. The average Bonchev–Trinajstić information content (AvgIpc) is 2.68. The van der Waals surface area contributed by atoms with Crippen LogP contribution in [0.4, 0.5) is 0 Å². The number of aliphatic hydroxyl groups excluding tert-OH is 1. The number of benzene rings is 1. The molecule has 0 radical (unpaired) electrons. The third kappa shape index (κ3) is 4.13. The molecule has 0 spiro atoms. The molecular formula is C20H30N2O4. The number of fused-ring (bicyclic) bond motifs is 1. The van der Waals surface area contributed by atoms with E-state index in [0.29, 0.717) is 24.9 Å². The van der Waals surface area contributed by atoms with Crippen LogP contribution in [0.15, 0.2) is 12.1 Å². The average molecular weight is 362 g/mol. The van der Waals surface area contributed by atoms with Crippen molar-refractivity contribution in [2.24, 2.45) is 0 Å². The Morgan fingerprint density at radius 2 is 1.88 bits per heavy atom. The van der Waals surface area contributed by atoms with Crippen molar-refractivity contribution in [3.63, 3.8) is 0 Å². The minimum absolute atomic E-state index is 0.176. The van der Waals surface area contributed by atoms with E-state index in [2.05, 4.69) is 4.90 Å². The number of ether oxygens (including phenoxy) is 2. The highest BCUT2D eigenvalue weighted by Crippen LogP contribution is 2.33. The van der Waals surface area contributed by atoms with Gasteiger partial charge in [-0.1, -0.05) is 6.42 Å². The number of aliphatic hydroxyl groups is 1. The molecular weight excluding hydrogens is 332 g/mol. The van der Waals surface area contributed by atoms with Gasteiger partial charge in [-0.15, -0.1) is 0 Å². The van der Waals surface area contributed by atoms with Crippen molar-refractivity contribution >= 4 is 5.91 Å². The van der Waals surface area contributed by atoms with Crippen LogP contribution in [0.1, 0.15) is 36.8 Å². The number of hydrogen-bond acceptors (Lipinski definition) is 5. The summed E-state index contributed by atoms with van der Waals surface area (Å²) in [5.41, 5.74) is 2.36. The first-order valence-electron chi connectivity index (χ1n) is 9.52. The van der Waals surface area contributed by atoms with Crippen LogP contribution in [-0.4, -0.2) is 67.3 Å². The Morgan fingerprint density at radius 3 is 2.58 bits per heavy atom. The number of carbonyl (C=O) groups is 1. The lowest BCUT2D eigenvalue weighted by Crippen LogP contribution is -2.48. The van der Waals surface area contributed by atoms with Crippen LogP contribution in [0.5, 0.6) is 11.5 Å². The fourth-order valence-corrected chi connectivity index (χ4v) is 4.11. The van der Waals surface area contributed by atoms with E-state index in [9.17, 15) is 9.90 Å². The summed E-state index contributed by atoms with van der Waals surface area (Å²) in [5, 5.41) is 9.28. The van der Waals surface area contributed by atoms with Crippen molar-refractivity contribution in [3.8, 4) is 11.5 Å². The highest BCUT2D eigenvalue weighted by molar-refractivity contribution is 5.78. The van der Waals surface area contributed by atoms with Crippen LogP contribution >= 0.6 is 0 Å². The summed E-state index contributed by atoms with van der Waals surface area (Å²) in [4.78, 5) is 17.1. The predicted molar refractivity (Wildman–Crippen MR) is 99.6 cm³/mol. The van der Waals surface area contributed by atoms with E-state index in [1.165, 1.54) is 12.0 Å². The Bertz CT molecular complexity index is 632. The van der Waals surface area contributed by atoms with E-state index >= 15 is 0 Å². The molecule has 1 saturated heterocycles. The summed E-state index contributed by atoms with van der Waals surface area (Å²) in [6.07, 6.45) is 4.99.